The molecule has 14 heteroatoms. The molecule has 0 radical (unpaired) electrons. The second-order valence-electron chi connectivity index (χ2n) is 12.1. The van der Waals surface area contributed by atoms with Crippen molar-refractivity contribution < 1.29 is 32.5 Å². The molecule has 11 nitrogen and oxygen atoms in total. The van der Waals surface area contributed by atoms with Crippen molar-refractivity contribution in [1.29, 1.82) is 0 Å². The molecule has 6 rings (SSSR count). The Morgan fingerprint density at radius 3 is 2.19 bits per heavy atom. The number of methoxy groups -OCH3 is 2. The number of rotatable bonds is 9. The highest BCUT2D eigenvalue weighted by molar-refractivity contribution is 5.80. The molecule has 3 atom stereocenters. The monoisotopic (exact) mass is 665 g/mol. The van der Waals surface area contributed by atoms with Gasteiger partial charge in [0.05, 0.1) is 19.8 Å². The predicted octanol–water partition coefficient (Wildman–Crippen LogP) is 3.61. The molecule has 0 unspecified atom stereocenters. The van der Waals surface area contributed by atoms with Crippen LogP contribution in [0.2, 0.25) is 0 Å². The molecule has 2 fully saturated rings. The molecular formula is C34H38F3N7O4. The predicted molar refractivity (Wildman–Crippen MR) is 170 cm³/mol. The molecule has 2 saturated heterocycles. The van der Waals surface area contributed by atoms with Gasteiger partial charge < -0.3 is 19.5 Å². The lowest BCUT2D eigenvalue weighted by Gasteiger charge is -2.53. The number of ether oxygens (including phenoxy) is 2. The molecule has 254 valence electrons. The third-order valence-corrected chi connectivity index (χ3v) is 9.19. The summed E-state index contributed by atoms with van der Waals surface area (Å²) in [5.41, 5.74) is 2.86. The summed E-state index contributed by atoms with van der Waals surface area (Å²) < 4.78 is 53.6. The lowest BCUT2D eigenvalue weighted by molar-refractivity contribution is -0.146. The maximum absolute atomic E-state index is 13.8. The fourth-order valence-corrected chi connectivity index (χ4v) is 7.14. The number of tetrazole rings is 1. The number of aliphatic hydroxyl groups excluding tert-OH is 1. The van der Waals surface area contributed by atoms with Crippen LogP contribution < -0.4 is 9.47 Å². The molecule has 0 saturated carbocycles. The van der Waals surface area contributed by atoms with Gasteiger partial charge in [0.25, 0.3) is 11.7 Å². The average molecular weight is 666 g/mol. The van der Waals surface area contributed by atoms with E-state index >= 15 is 0 Å². The standard InChI is InChI=1S/C34H38F3N7O4/c1-22(45)32(46)42-16-17-43-25(19-42)18-41(21-28(43)30(23-10-6-4-7-11-23)24-12-8-5-9-13-24)20-26-29(47-2)15-14-27(31(26)48-3)44-33(34(35,36)37)38-39-40-44/h4-15,22,25,28,30,45H,16-21H2,1-3H3/t22-,25+,28-/m0/s1. The number of benzene rings is 3. The van der Waals surface area contributed by atoms with Crippen LogP contribution in [0.1, 0.15) is 35.4 Å². The summed E-state index contributed by atoms with van der Waals surface area (Å²) in [4.78, 5) is 19.3. The van der Waals surface area contributed by atoms with Crippen LogP contribution in [0.15, 0.2) is 72.8 Å². The first-order valence-corrected chi connectivity index (χ1v) is 15.7. The van der Waals surface area contributed by atoms with E-state index in [-0.39, 0.29) is 41.9 Å². The third kappa shape index (κ3) is 6.60. The van der Waals surface area contributed by atoms with Crippen molar-refractivity contribution in [3.8, 4) is 17.2 Å². The van der Waals surface area contributed by atoms with Gasteiger partial charge in [-0.3, -0.25) is 14.6 Å². The second kappa shape index (κ2) is 13.9. The largest absolute Gasteiger partial charge is 0.496 e. The number of hydrogen-bond acceptors (Lipinski definition) is 9. The van der Waals surface area contributed by atoms with E-state index in [1.165, 1.54) is 27.2 Å². The Morgan fingerprint density at radius 1 is 0.938 bits per heavy atom. The normalized spacial score (nSPS) is 19.6. The lowest BCUT2D eigenvalue weighted by atomic mass is 9.81. The maximum Gasteiger partial charge on any atom is 0.453 e. The number of aliphatic hydroxyl groups is 1. The highest BCUT2D eigenvalue weighted by atomic mass is 19.4. The lowest BCUT2D eigenvalue weighted by Crippen LogP contribution is -2.67. The minimum atomic E-state index is -4.79. The van der Waals surface area contributed by atoms with E-state index in [1.54, 1.807) is 11.0 Å². The van der Waals surface area contributed by atoms with Crippen LogP contribution in [-0.4, -0.2) is 111 Å². The Labute approximate surface area is 276 Å². The minimum Gasteiger partial charge on any atom is -0.496 e. The molecule has 0 spiro atoms. The number of carbonyl (C=O) groups is 1. The number of hydrogen-bond donors (Lipinski definition) is 1. The number of alkyl halides is 3. The van der Waals surface area contributed by atoms with Gasteiger partial charge in [-0.1, -0.05) is 60.7 Å². The van der Waals surface area contributed by atoms with Gasteiger partial charge >= 0.3 is 6.18 Å². The topological polar surface area (TPSA) is 109 Å². The fourth-order valence-electron chi connectivity index (χ4n) is 7.14. The van der Waals surface area contributed by atoms with E-state index in [1.807, 2.05) is 36.4 Å². The van der Waals surface area contributed by atoms with Crippen molar-refractivity contribution in [1.82, 2.24) is 34.9 Å². The van der Waals surface area contributed by atoms with Gasteiger partial charge in [-0.25, -0.2) is 0 Å². The van der Waals surface area contributed by atoms with Gasteiger partial charge in [0.1, 0.15) is 17.5 Å². The van der Waals surface area contributed by atoms with Gasteiger partial charge in [-0.2, -0.15) is 17.9 Å². The van der Waals surface area contributed by atoms with Crippen LogP contribution >= 0.6 is 0 Å². The van der Waals surface area contributed by atoms with Gasteiger partial charge in [-0.15, -0.1) is 5.10 Å². The maximum atomic E-state index is 13.8. The molecule has 0 bridgehead atoms. The molecule has 48 heavy (non-hydrogen) atoms. The van der Waals surface area contributed by atoms with Crippen molar-refractivity contribution in [2.75, 3.05) is 46.9 Å². The zero-order valence-corrected chi connectivity index (χ0v) is 26.9. The molecule has 4 aromatic rings. The van der Waals surface area contributed by atoms with E-state index in [0.717, 1.165) is 11.1 Å². The van der Waals surface area contributed by atoms with Crippen molar-refractivity contribution in [3.05, 3.63) is 95.3 Å². The van der Waals surface area contributed by atoms with Gasteiger partial charge in [0, 0.05) is 57.3 Å². The third-order valence-electron chi connectivity index (χ3n) is 9.19. The summed E-state index contributed by atoms with van der Waals surface area (Å²) in [5, 5.41) is 20.3. The quantitative estimate of drug-likeness (QED) is 0.287. The molecule has 3 aromatic carbocycles. The van der Waals surface area contributed by atoms with E-state index in [9.17, 15) is 23.1 Å². The van der Waals surface area contributed by atoms with Crippen LogP contribution in [0, 0.1) is 0 Å². The summed E-state index contributed by atoms with van der Waals surface area (Å²) in [6, 6.07) is 23.5. The van der Waals surface area contributed by atoms with Crippen LogP contribution in [0.5, 0.6) is 11.5 Å². The zero-order valence-electron chi connectivity index (χ0n) is 26.9. The number of halogens is 3. The van der Waals surface area contributed by atoms with E-state index in [4.69, 9.17) is 9.47 Å². The van der Waals surface area contributed by atoms with Crippen LogP contribution in [0.4, 0.5) is 13.2 Å². The number of fused-ring (bicyclic) bond motifs is 1. The summed E-state index contributed by atoms with van der Waals surface area (Å²) in [5.74, 6) is -1.02. The van der Waals surface area contributed by atoms with Crippen LogP contribution in [0.25, 0.3) is 5.69 Å². The molecule has 1 N–H and O–H groups in total. The molecule has 1 amide bonds. The molecule has 0 aliphatic carbocycles. The first-order valence-electron chi connectivity index (χ1n) is 15.7. The second-order valence-corrected chi connectivity index (χ2v) is 12.1. The van der Waals surface area contributed by atoms with Crippen molar-refractivity contribution in [3.63, 3.8) is 0 Å². The summed E-state index contributed by atoms with van der Waals surface area (Å²) in [6.45, 7) is 4.43. The molecule has 3 heterocycles. The Kier molecular flexibility index (Phi) is 9.67. The zero-order chi connectivity index (χ0) is 34.0. The van der Waals surface area contributed by atoms with E-state index < -0.39 is 18.1 Å². The van der Waals surface area contributed by atoms with Crippen LogP contribution in [0.3, 0.4) is 0 Å². The first-order chi connectivity index (χ1) is 23.1. The number of amides is 1. The van der Waals surface area contributed by atoms with Crippen molar-refractivity contribution in [2.45, 2.75) is 43.8 Å². The van der Waals surface area contributed by atoms with Gasteiger partial charge in [0.2, 0.25) is 0 Å². The summed E-state index contributed by atoms with van der Waals surface area (Å²) >= 11 is 0. The highest BCUT2D eigenvalue weighted by Gasteiger charge is 2.44. The summed E-state index contributed by atoms with van der Waals surface area (Å²) in [6.07, 6.45) is -5.91. The van der Waals surface area contributed by atoms with E-state index in [0.29, 0.717) is 48.7 Å². The molecule has 2 aliphatic heterocycles. The Balaban J connectivity index is 1.42. The smallest absolute Gasteiger partial charge is 0.453 e. The van der Waals surface area contributed by atoms with Crippen LogP contribution in [-0.2, 0) is 17.5 Å². The molecular weight excluding hydrogens is 627 g/mol. The fraction of sp³-hybridized carbons (Fsp3) is 0.412. The average Bonchev–Trinajstić information content (AvgIpc) is 3.59. The van der Waals surface area contributed by atoms with Crippen molar-refractivity contribution in [2.24, 2.45) is 0 Å². The first kappa shape index (κ1) is 33.4. The van der Waals surface area contributed by atoms with Gasteiger partial charge in [0.15, 0.2) is 5.75 Å². The Bertz CT molecular complexity index is 1660. The SMILES string of the molecule is COc1ccc(-n2nnnc2C(F)(F)F)c(OC)c1CN1C[C@@H]2CN(C(=O)[C@H](C)O)CCN2[C@H](C(c2ccccc2)c2ccccc2)C1. The number of aromatic nitrogens is 4. The Morgan fingerprint density at radius 2 is 1.60 bits per heavy atom. The minimum absolute atomic E-state index is 0.0255. The highest BCUT2D eigenvalue weighted by Crippen LogP contribution is 2.40. The summed E-state index contributed by atoms with van der Waals surface area (Å²) in [7, 11) is 2.89. The van der Waals surface area contributed by atoms with Crippen molar-refractivity contribution >= 4 is 5.91 Å². The number of carbonyl (C=O) groups excluding carboxylic acids is 1. The molecule has 2 aliphatic rings. The molecule has 1 aromatic heterocycles. The van der Waals surface area contributed by atoms with E-state index in [2.05, 4.69) is 49.6 Å². The van der Waals surface area contributed by atoms with Gasteiger partial charge in [-0.05, 0) is 40.6 Å². The Hall–Kier alpha value is -4.53. The number of piperazine rings is 2. The number of nitrogens with zero attached hydrogens (tertiary/aromatic N) is 7.